The van der Waals surface area contributed by atoms with Gasteiger partial charge in [-0.15, -0.1) is 0 Å². The van der Waals surface area contributed by atoms with Gasteiger partial charge in [-0.1, -0.05) is 35.5 Å². The number of rotatable bonds is 3. The molecule has 10 heteroatoms. The lowest BCUT2D eigenvalue weighted by atomic mass is 10.1. The Kier molecular flexibility index (Phi) is 4.16. The number of aryl methyl sites for hydroxylation is 2. The molecule has 0 bridgehead atoms. The van der Waals surface area contributed by atoms with E-state index >= 15 is 0 Å². The molecule has 0 amide bonds. The normalized spacial score (nSPS) is 14.9. The first-order valence-corrected chi connectivity index (χ1v) is 10.9. The van der Waals surface area contributed by atoms with Crippen LogP contribution >= 0.6 is 0 Å². The molecule has 1 N–H and O–H groups in total. The van der Waals surface area contributed by atoms with Crippen molar-refractivity contribution < 1.29 is 12.9 Å². The van der Waals surface area contributed by atoms with Crippen molar-refractivity contribution in [2.45, 2.75) is 31.7 Å². The molecule has 154 valence electrons. The first-order valence-electron chi connectivity index (χ1n) is 9.48. The van der Waals surface area contributed by atoms with Crippen LogP contribution in [-0.2, 0) is 23.0 Å². The number of H-pyrrole nitrogens is 1. The fourth-order valence-electron chi connectivity index (χ4n) is 3.91. The average Bonchev–Trinajstić information content (AvgIpc) is 3.32. The van der Waals surface area contributed by atoms with Crippen molar-refractivity contribution in [2.75, 3.05) is 6.54 Å². The third kappa shape index (κ3) is 2.79. The Balaban J connectivity index is 1.57. The molecule has 0 radical (unpaired) electrons. The molecule has 5 rings (SSSR count). The van der Waals surface area contributed by atoms with E-state index < -0.39 is 10.0 Å². The quantitative estimate of drug-likeness (QED) is 0.537. The highest BCUT2D eigenvalue weighted by Crippen LogP contribution is 2.27. The maximum Gasteiger partial charge on any atom is 0.276 e. The first-order chi connectivity index (χ1) is 14.4. The maximum absolute atomic E-state index is 13.1. The molecule has 1 aliphatic rings. The van der Waals surface area contributed by atoms with Crippen molar-refractivity contribution in [3.63, 3.8) is 0 Å². The molecule has 0 unspecified atom stereocenters. The zero-order valence-electron chi connectivity index (χ0n) is 16.4. The summed E-state index contributed by atoms with van der Waals surface area (Å²) in [6.07, 6.45) is 0.284. The van der Waals surface area contributed by atoms with Crippen molar-refractivity contribution in [3.05, 3.63) is 69.5 Å². The minimum Gasteiger partial charge on any atom is -0.360 e. The van der Waals surface area contributed by atoms with E-state index in [0.29, 0.717) is 22.6 Å². The highest BCUT2D eigenvalue weighted by molar-refractivity contribution is 7.89. The molecular weight excluding hydrogens is 406 g/mol. The Morgan fingerprint density at radius 2 is 1.93 bits per heavy atom. The molecule has 0 spiro atoms. The number of hydrogen-bond acceptors (Lipinski definition) is 6. The number of nitrogens with one attached hydrogen (secondary N) is 1. The van der Waals surface area contributed by atoms with E-state index in [0.717, 1.165) is 11.3 Å². The van der Waals surface area contributed by atoms with Crippen LogP contribution in [0.1, 0.15) is 22.7 Å². The topological polar surface area (TPSA) is 114 Å². The largest absolute Gasteiger partial charge is 0.360 e. The SMILES string of the molecule is Cc1noc(C)c1S(=O)(=O)N1CCc2c(nc3cc(-c4ccccc4)[nH]n3c2=O)C1. The fraction of sp³-hybridized carbons (Fsp3) is 0.250. The predicted molar refractivity (Wildman–Crippen MR) is 109 cm³/mol. The van der Waals surface area contributed by atoms with Gasteiger partial charge < -0.3 is 4.52 Å². The number of hydrogen-bond donors (Lipinski definition) is 1. The van der Waals surface area contributed by atoms with Crippen molar-refractivity contribution in [1.29, 1.82) is 0 Å². The van der Waals surface area contributed by atoms with Crippen molar-refractivity contribution >= 4 is 15.7 Å². The summed E-state index contributed by atoms with van der Waals surface area (Å²) in [4.78, 5) is 17.7. The molecule has 0 saturated carbocycles. The highest BCUT2D eigenvalue weighted by Gasteiger charge is 2.34. The van der Waals surface area contributed by atoms with Crippen molar-refractivity contribution in [1.82, 2.24) is 24.1 Å². The van der Waals surface area contributed by atoms with E-state index in [1.54, 1.807) is 19.9 Å². The van der Waals surface area contributed by atoms with Gasteiger partial charge in [-0.3, -0.25) is 9.89 Å². The van der Waals surface area contributed by atoms with E-state index in [-0.39, 0.29) is 35.7 Å². The molecule has 4 heterocycles. The summed E-state index contributed by atoms with van der Waals surface area (Å²) in [6, 6.07) is 11.4. The molecule has 30 heavy (non-hydrogen) atoms. The van der Waals surface area contributed by atoms with Crippen LogP contribution in [0, 0.1) is 13.8 Å². The lowest BCUT2D eigenvalue weighted by Crippen LogP contribution is -2.40. The molecule has 0 fully saturated rings. The van der Waals surface area contributed by atoms with Crippen LogP contribution in [-0.4, -0.2) is 39.0 Å². The van der Waals surface area contributed by atoms with Crippen LogP contribution in [0.25, 0.3) is 16.9 Å². The van der Waals surface area contributed by atoms with Crippen LogP contribution in [0.15, 0.2) is 50.6 Å². The van der Waals surface area contributed by atoms with Crippen LogP contribution in [0.5, 0.6) is 0 Å². The summed E-state index contributed by atoms with van der Waals surface area (Å²) in [5, 5.41) is 6.85. The zero-order chi connectivity index (χ0) is 21.0. The van der Waals surface area contributed by atoms with E-state index in [1.807, 2.05) is 30.3 Å². The zero-order valence-corrected chi connectivity index (χ0v) is 17.2. The summed E-state index contributed by atoms with van der Waals surface area (Å²) < 4.78 is 34.1. The summed E-state index contributed by atoms with van der Waals surface area (Å²) in [7, 11) is -3.81. The van der Waals surface area contributed by atoms with Crippen molar-refractivity contribution in [2.24, 2.45) is 0 Å². The molecule has 0 atom stereocenters. The van der Waals surface area contributed by atoms with Gasteiger partial charge in [-0.25, -0.2) is 17.9 Å². The van der Waals surface area contributed by atoms with Gasteiger partial charge in [0.2, 0.25) is 10.0 Å². The monoisotopic (exact) mass is 425 g/mol. The molecule has 1 aromatic carbocycles. The second-order valence-corrected chi connectivity index (χ2v) is 9.19. The van der Waals surface area contributed by atoms with Crippen molar-refractivity contribution in [3.8, 4) is 11.3 Å². The third-order valence-corrected chi connectivity index (χ3v) is 7.47. The fourth-order valence-corrected chi connectivity index (χ4v) is 5.61. The Labute approximate surface area is 172 Å². The van der Waals surface area contributed by atoms with Gasteiger partial charge in [-0.2, -0.15) is 4.31 Å². The number of sulfonamides is 1. The van der Waals surface area contributed by atoms with Crippen LogP contribution in [0.3, 0.4) is 0 Å². The lowest BCUT2D eigenvalue weighted by molar-refractivity contribution is 0.377. The van der Waals surface area contributed by atoms with Gasteiger partial charge in [0.15, 0.2) is 11.4 Å². The van der Waals surface area contributed by atoms with Gasteiger partial charge in [0.05, 0.1) is 17.9 Å². The van der Waals surface area contributed by atoms with Gasteiger partial charge in [0, 0.05) is 18.2 Å². The second kappa shape index (κ2) is 6.64. The number of fused-ring (bicyclic) bond motifs is 2. The number of benzene rings is 1. The number of nitrogens with zero attached hydrogens (tertiary/aromatic N) is 4. The highest BCUT2D eigenvalue weighted by atomic mass is 32.2. The average molecular weight is 425 g/mol. The summed E-state index contributed by atoms with van der Waals surface area (Å²) in [5.74, 6) is 0.250. The Bertz CT molecular complexity index is 1410. The molecule has 1 aliphatic heterocycles. The van der Waals surface area contributed by atoms with Gasteiger partial charge in [-0.05, 0) is 25.8 Å². The smallest absolute Gasteiger partial charge is 0.276 e. The Hall–Kier alpha value is -3.24. The summed E-state index contributed by atoms with van der Waals surface area (Å²) in [6.45, 7) is 3.39. The molecule has 0 saturated heterocycles. The first kappa shape index (κ1) is 18.8. The summed E-state index contributed by atoms with van der Waals surface area (Å²) >= 11 is 0. The van der Waals surface area contributed by atoms with Crippen LogP contribution in [0.2, 0.25) is 0 Å². The minimum absolute atomic E-state index is 0.0271. The van der Waals surface area contributed by atoms with Crippen LogP contribution in [0.4, 0.5) is 0 Å². The van der Waals surface area contributed by atoms with E-state index in [2.05, 4.69) is 15.2 Å². The second-order valence-electron chi connectivity index (χ2n) is 7.31. The van der Waals surface area contributed by atoms with E-state index in [1.165, 1.54) is 8.82 Å². The predicted octanol–water partition coefficient (Wildman–Crippen LogP) is 2.04. The van der Waals surface area contributed by atoms with Crippen LogP contribution < -0.4 is 5.56 Å². The molecule has 4 aromatic rings. The molecule has 0 aliphatic carbocycles. The lowest BCUT2D eigenvalue weighted by Gasteiger charge is -2.26. The van der Waals surface area contributed by atoms with Gasteiger partial charge in [0.1, 0.15) is 10.6 Å². The molecule has 9 nitrogen and oxygen atoms in total. The number of aromatic amines is 1. The van der Waals surface area contributed by atoms with E-state index in [9.17, 15) is 13.2 Å². The Morgan fingerprint density at radius 1 is 1.17 bits per heavy atom. The number of aromatic nitrogens is 4. The standard InChI is InChI=1S/C20H19N5O4S/c1-12-19(13(2)29-23-12)30(27,28)24-9-8-15-17(11-24)21-18-10-16(22-25(18)20(15)26)14-6-4-3-5-7-14/h3-7,10,22H,8-9,11H2,1-2H3. The minimum atomic E-state index is -3.81. The van der Waals surface area contributed by atoms with E-state index in [4.69, 9.17) is 4.52 Å². The van der Waals surface area contributed by atoms with Gasteiger partial charge >= 0.3 is 0 Å². The van der Waals surface area contributed by atoms with Gasteiger partial charge in [0.25, 0.3) is 5.56 Å². The molecule has 3 aromatic heterocycles. The summed E-state index contributed by atoms with van der Waals surface area (Å²) in [5.41, 5.74) is 3.27. The Morgan fingerprint density at radius 3 is 2.63 bits per heavy atom. The maximum atomic E-state index is 13.1. The third-order valence-electron chi connectivity index (χ3n) is 5.38. The molecular formula is C20H19N5O4S.